The van der Waals surface area contributed by atoms with Crippen molar-refractivity contribution in [3.63, 3.8) is 0 Å². The Bertz CT molecular complexity index is 999. The summed E-state index contributed by atoms with van der Waals surface area (Å²) in [4.78, 5) is 16.8. The molecule has 4 rings (SSSR count). The Morgan fingerprint density at radius 3 is 2.62 bits per heavy atom. The smallest absolute Gasteiger partial charge is 0.410 e. The van der Waals surface area contributed by atoms with Gasteiger partial charge in [0.2, 0.25) is 0 Å². The number of fused-ring (bicyclic) bond motifs is 2. The molecule has 2 aromatic carbocycles. The van der Waals surface area contributed by atoms with E-state index >= 15 is 4.39 Å². The molecule has 0 aliphatic carbocycles. The molecule has 0 atom stereocenters. The number of benzene rings is 2. The van der Waals surface area contributed by atoms with Gasteiger partial charge in [-0.2, -0.15) is 0 Å². The molecule has 0 unspecified atom stereocenters. The van der Waals surface area contributed by atoms with Gasteiger partial charge < -0.3 is 19.3 Å². The molecule has 2 aliphatic heterocycles. The van der Waals surface area contributed by atoms with Crippen LogP contribution < -0.4 is 9.64 Å². The number of rotatable bonds is 3. The van der Waals surface area contributed by atoms with E-state index in [1.165, 1.54) is 6.07 Å². The molecule has 0 N–H and O–H groups in total. The minimum Gasteiger partial charge on any atom is -0.490 e. The zero-order valence-electron chi connectivity index (χ0n) is 19.5. The molecule has 0 aromatic heterocycles. The van der Waals surface area contributed by atoms with Crippen molar-refractivity contribution >= 4 is 11.8 Å². The van der Waals surface area contributed by atoms with E-state index in [1.54, 1.807) is 11.0 Å². The lowest BCUT2D eigenvalue weighted by Gasteiger charge is -2.35. The monoisotopic (exact) mass is 440 g/mol. The van der Waals surface area contributed by atoms with Crippen LogP contribution in [0, 0.1) is 5.82 Å². The average Bonchev–Trinajstić information content (AvgIpc) is 2.95. The highest BCUT2D eigenvalue weighted by Gasteiger charge is 2.31. The number of amides is 1. The fourth-order valence-corrected chi connectivity index (χ4v) is 4.62. The van der Waals surface area contributed by atoms with Crippen LogP contribution in [0.2, 0.25) is 0 Å². The van der Waals surface area contributed by atoms with Crippen molar-refractivity contribution in [2.45, 2.75) is 52.6 Å². The molecule has 0 saturated heterocycles. The number of carbonyl (C=O) groups is 1. The quantitative estimate of drug-likeness (QED) is 0.638. The van der Waals surface area contributed by atoms with Crippen LogP contribution in [0.4, 0.5) is 14.9 Å². The SMILES string of the molecule is CCCN1CCOc2cc3c(c(-c4ccccc4F)c21)CCN(C(=O)OC(C)(C)C)CC3. The molecule has 0 fully saturated rings. The van der Waals surface area contributed by atoms with Crippen LogP contribution in [0.1, 0.15) is 45.2 Å². The lowest BCUT2D eigenvalue weighted by atomic mass is 9.89. The van der Waals surface area contributed by atoms with E-state index in [1.807, 2.05) is 32.9 Å². The van der Waals surface area contributed by atoms with Gasteiger partial charge in [-0.3, -0.25) is 0 Å². The Morgan fingerprint density at radius 2 is 1.91 bits per heavy atom. The first kappa shape index (κ1) is 22.4. The molecule has 32 heavy (non-hydrogen) atoms. The highest BCUT2D eigenvalue weighted by Crippen LogP contribution is 2.46. The van der Waals surface area contributed by atoms with E-state index in [9.17, 15) is 4.79 Å². The summed E-state index contributed by atoms with van der Waals surface area (Å²) in [7, 11) is 0. The summed E-state index contributed by atoms with van der Waals surface area (Å²) in [5.74, 6) is 0.575. The van der Waals surface area contributed by atoms with Crippen molar-refractivity contribution in [1.29, 1.82) is 0 Å². The van der Waals surface area contributed by atoms with Crippen molar-refractivity contribution in [2.75, 3.05) is 37.7 Å². The van der Waals surface area contributed by atoms with Crippen LogP contribution in [0.15, 0.2) is 30.3 Å². The van der Waals surface area contributed by atoms with Crippen molar-refractivity contribution in [3.05, 3.63) is 47.3 Å². The molecule has 0 spiro atoms. The summed E-state index contributed by atoms with van der Waals surface area (Å²) in [5, 5.41) is 0. The maximum Gasteiger partial charge on any atom is 0.410 e. The van der Waals surface area contributed by atoms with Crippen molar-refractivity contribution < 1.29 is 18.7 Å². The van der Waals surface area contributed by atoms with Crippen LogP contribution in [0.3, 0.4) is 0 Å². The fraction of sp³-hybridized carbons (Fsp3) is 0.500. The van der Waals surface area contributed by atoms with E-state index in [0.29, 0.717) is 38.1 Å². The minimum absolute atomic E-state index is 0.238. The topological polar surface area (TPSA) is 42.0 Å². The van der Waals surface area contributed by atoms with Gasteiger partial charge in [0.05, 0.1) is 12.2 Å². The van der Waals surface area contributed by atoms with Gasteiger partial charge in [0.1, 0.15) is 23.8 Å². The van der Waals surface area contributed by atoms with Gasteiger partial charge in [0.25, 0.3) is 0 Å². The van der Waals surface area contributed by atoms with Gasteiger partial charge in [-0.25, -0.2) is 9.18 Å². The maximum atomic E-state index is 15.1. The second-order valence-corrected chi connectivity index (χ2v) is 9.52. The Hall–Kier alpha value is -2.76. The van der Waals surface area contributed by atoms with Crippen molar-refractivity contribution in [3.8, 4) is 16.9 Å². The average molecular weight is 441 g/mol. The number of carbonyl (C=O) groups excluding carboxylic acids is 1. The number of ether oxygens (including phenoxy) is 2. The Morgan fingerprint density at radius 1 is 1.16 bits per heavy atom. The normalized spacial score (nSPS) is 16.0. The molecule has 172 valence electrons. The third kappa shape index (κ3) is 4.54. The summed E-state index contributed by atoms with van der Waals surface area (Å²) in [6, 6.07) is 9.06. The molecule has 2 aliphatic rings. The molecular weight excluding hydrogens is 407 g/mol. The summed E-state index contributed by atoms with van der Waals surface area (Å²) in [6.07, 6.45) is 2.03. The molecule has 6 heteroatoms. The second-order valence-electron chi connectivity index (χ2n) is 9.52. The standard InChI is InChI=1S/C26H33FN2O3/c1-5-12-28-15-16-31-22-17-18-10-13-29(25(30)32-26(2,3)4)14-11-19(18)23(24(22)28)20-8-6-7-9-21(20)27/h6-9,17H,5,10-16H2,1-4H3. The Balaban J connectivity index is 1.80. The van der Waals surface area contributed by atoms with Crippen LogP contribution in [0.25, 0.3) is 11.1 Å². The highest BCUT2D eigenvalue weighted by atomic mass is 19.1. The molecule has 0 bridgehead atoms. The van der Waals surface area contributed by atoms with Crippen LogP contribution in [0.5, 0.6) is 5.75 Å². The van der Waals surface area contributed by atoms with Crippen molar-refractivity contribution in [1.82, 2.24) is 4.90 Å². The fourth-order valence-electron chi connectivity index (χ4n) is 4.62. The molecular formula is C26H33FN2O3. The summed E-state index contributed by atoms with van der Waals surface area (Å²) in [5.41, 5.74) is 4.17. The zero-order chi connectivity index (χ0) is 22.9. The van der Waals surface area contributed by atoms with Gasteiger partial charge in [0.15, 0.2) is 0 Å². The summed E-state index contributed by atoms with van der Waals surface area (Å²) < 4.78 is 26.8. The highest BCUT2D eigenvalue weighted by molar-refractivity contribution is 5.88. The minimum atomic E-state index is -0.540. The molecule has 0 saturated carbocycles. The van der Waals surface area contributed by atoms with Gasteiger partial charge in [-0.1, -0.05) is 25.1 Å². The number of nitrogens with zero attached hydrogens (tertiary/aromatic N) is 2. The van der Waals surface area contributed by atoms with Crippen molar-refractivity contribution in [2.24, 2.45) is 0 Å². The molecule has 2 aromatic rings. The van der Waals surface area contributed by atoms with E-state index in [-0.39, 0.29) is 11.9 Å². The van der Waals surface area contributed by atoms with Gasteiger partial charge in [-0.15, -0.1) is 0 Å². The summed E-state index contributed by atoms with van der Waals surface area (Å²) >= 11 is 0. The van der Waals surface area contributed by atoms with Crippen LogP contribution in [-0.4, -0.2) is 49.4 Å². The van der Waals surface area contributed by atoms with Gasteiger partial charge >= 0.3 is 6.09 Å². The van der Waals surface area contributed by atoms with Crippen LogP contribution >= 0.6 is 0 Å². The Labute approximate surface area is 190 Å². The zero-order valence-corrected chi connectivity index (χ0v) is 19.5. The lowest BCUT2D eigenvalue weighted by Crippen LogP contribution is -2.38. The number of hydrogen-bond donors (Lipinski definition) is 0. The molecule has 5 nitrogen and oxygen atoms in total. The maximum absolute atomic E-state index is 15.1. The molecule has 0 radical (unpaired) electrons. The summed E-state index contributed by atoms with van der Waals surface area (Å²) in [6.45, 7) is 11.2. The number of hydrogen-bond acceptors (Lipinski definition) is 4. The number of anilines is 1. The largest absolute Gasteiger partial charge is 0.490 e. The third-order valence-corrected chi connectivity index (χ3v) is 5.97. The molecule has 2 heterocycles. The van der Waals surface area contributed by atoms with Crippen LogP contribution in [-0.2, 0) is 17.6 Å². The van der Waals surface area contributed by atoms with E-state index in [2.05, 4.69) is 17.9 Å². The first-order valence-corrected chi connectivity index (χ1v) is 11.6. The Kier molecular flexibility index (Phi) is 6.31. The first-order chi connectivity index (χ1) is 15.3. The number of halogens is 1. The van der Waals surface area contributed by atoms with E-state index in [4.69, 9.17) is 9.47 Å². The predicted molar refractivity (Wildman–Crippen MR) is 125 cm³/mol. The lowest BCUT2D eigenvalue weighted by molar-refractivity contribution is 0.0258. The van der Waals surface area contributed by atoms with Gasteiger partial charge in [0, 0.05) is 30.8 Å². The second kappa shape index (κ2) is 9.00. The van der Waals surface area contributed by atoms with E-state index < -0.39 is 5.60 Å². The van der Waals surface area contributed by atoms with E-state index in [0.717, 1.165) is 47.6 Å². The third-order valence-electron chi connectivity index (χ3n) is 5.97. The molecule has 1 amide bonds. The van der Waals surface area contributed by atoms with Gasteiger partial charge in [-0.05, 0) is 63.3 Å². The predicted octanol–water partition coefficient (Wildman–Crippen LogP) is 5.44. The first-order valence-electron chi connectivity index (χ1n) is 11.6.